The number of thioether (sulfide) groups is 1. The number of nitrogens with zero attached hydrogens (tertiary/aromatic N) is 5. The summed E-state index contributed by atoms with van der Waals surface area (Å²) in [5.74, 6) is 0.151. The standard InChI is InChI=1S/C28H30FN5O2S2/c1-2-3-4-6-14-34-27(36)23(38-28(34)37)19-22-25(30-24-8-5-7-13-33(24)26(22)35)32-17-15-31(16-18-32)21-11-9-20(29)10-12-21/h5,7-13,19H,2-4,6,14-18H2,1H3/b23-19+. The van der Waals surface area contributed by atoms with Gasteiger partial charge in [0.2, 0.25) is 0 Å². The van der Waals surface area contributed by atoms with Crippen LogP contribution in [0.25, 0.3) is 11.7 Å². The lowest BCUT2D eigenvalue weighted by Gasteiger charge is -2.37. The Hall–Kier alpha value is -3.24. The fourth-order valence-electron chi connectivity index (χ4n) is 4.81. The molecule has 7 nitrogen and oxygen atoms in total. The monoisotopic (exact) mass is 551 g/mol. The predicted octanol–water partition coefficient (Wildman–Crippen LogP) is 4.94. The highest BCUT2D eigenvalue weighted by atomic mass is 32.2. The molecule has 2 aliphatic rings. The number of pyridine rings is 1. The molecule has 0 spiro atoms. The summed E-state index contributed by atoms with van der Waals surface area (Å²) >= 11 is 6.76. The zero-order valence-corrected chi connectivity index (χ0v) is 22.9. The highest BCUT2D eigenvalue weighted by molar-refractivity contribution is 8.26. The molecule has 4 heterocycles. The Balaban J connectivity index is 1.44. The number of hydrogen-bond donors (Lipinski definition) is 0. The van der Waals surface area contributed by atoms with E-state index in [-0.39, 0.29) is 17.3 Å². The smallest absolute Gasteiger partial charge is 0.267 e. The zero-order chi connectivity index (χ0) is 26.6. The van der Waals surface area contributed by atoms with Crippen LogP contribution < -0.4 is 15.4 Å². The van der Waals surface area contributed by atoms with Crippen LogP contribution in [0.2, 0.25) is 0 Å². The van der Waals surface area contributed by atoms with Crippen LogP contribution in [0.15, 0.2) is 58.4 Å². The number of unbranched alkanes of at least 4 members (excludes halogenated alkanes) is 3. The molecule has 5 rings (SSSR count). The molecule has 10 heteroatoms. The van der Waals surface area contributed by atoms with Gasteiger partial charge in [-0.1, -0.05) is 56.2 Å². The van der Waals surface area contributed by atoms with E-state index in [1.165, 1.54) is 28.3 Å². The first-order chi connectivity index (χ1) is 18.5. The van der Waals surface area contributed by atoms with Gasteiger partial charge in [0.15, 0.2) is 0 Å². The summed E-state index contributed by atoms with van der Waals surface area (Å²) in [5, 5.41) is 0. The van der Waals surface area contributed by atoms with Crippen molar-refractivity contribution in [2.75, 3.05) is 42.5 Å². The summed E-state index contributed by atoms with van der Waals surface area (Å²) in [5.41, 5.74) is 1.67. The SMILES string of the molecule is CCCCCCN1C(=O)/C(=C\c2c(N3CCN(c4ccc(F)cc4)CC3)nc3ccccn3c2=O)SC1=S. The van der Waals surface area contributed by atoms with Crippen molar-refractivity contribution in [1.82, 2.24) is 14.3 Å². The lowest BCUT2D eigenvalue weighted by atomic mass is 10.2. The molecular formula is C28H30FN5O2S2. The second-order valence-corrected chi connectivity index (χ2v) is 11.1. The van der Waals surface area contributed by atoms with Crippen LogP contribution in [-0.2, 0) is 4.79 Å². The van der Waals surface area contributed by atoms with E-state index in [1.807, 2.05) is 6.07 Å². The van der Waals surface area contributed by atoms with E-state index in [1.54, 1.807) is 41.4 Å². The fraction of sp³-hybridized carbons (Fsp3) is 0.357. The molecule has 0 atom stereocenters. The van der Waals surface area contributed by atoms with Gasteiger partial charge in [0.1, 0.15) is 21.6 Å². The molecule has 1 aromatic carbocycles. The van der Waals surface area contributed by atoms with E-state index in [2.05, 4.69) is 16.7 Å². The van der Waals surface area contributed by atoms with Gasteiger partial charge in [-0.15, -0.1) is 0 Å². The number of hydrogen-bond acceptors (Lipinski definition) is 7. The number of aromatic nitrogens is 2. The van der Waals surface area contributed by atoms with E-state index >= 15 is 0 Å². The maximum absolute atomic E-state index is 13.6. The van der Waals surface area contributed by atoms with Crippen LogP contribution in [0.4, 0.5) is 15.9 Å². The van der Waals surface area contributed by atoms with Crippen LogP contribution >= 0.6 is 24.0 Å². The number of benzene rings is 1. The van der Waals surface area contributed by atoms with Crippen LogP contribution in [0.3, 0.4) is 0 Å². The molecule has 2 aromatic heterocycles. The summed E-state index contributed by atoms with van der Waals surface area (Å²) in [6, 6.07) is 11.9. The number of rotatable bonds is 8. The summed E-state index contributed by atoms with van der Waals surface area (Å²) in [6.45, 7) is 5.40. The van der Waals surface area contributed by atoms with Crippen LogP contribution in [0.1, 0.15) is 38.2 Å². The first-order valence-corrected chi connectivity index (χ1v) is 14.2. The summed E-state index contributed by atoms with van der Waals surface area (Å²) in [6.07, 6.45) is 7.56. The first-order valence-electron chi connectivity index (χ1n) is 13.0. The molecule has 2 fully saturated rings. The maximum Gasteiger partial charge on any atom is 0.267 e. The molecule has 198 valence electrons. The number of amides is 1. The minimum Gasteiger partial charge on any atom is -0.368 e. The van der Waals surface area contributed by atoms with Gasteiger partial charge in [0, 0.05) is 44.6 Å². The highest BCUT2D eigenvalue weighted by Crippen LogP contribution is 2.34. The maximum atomic E-state index is 13.6. The van der Waals surface area contributed by atoms with Gasteiger partial charge >= 0.3 is 0 Å². The van der Waals surface area contributed by atoms with Gasteiger partial charge in [-0.05, 0) is 48.9 Å². The number of thiocarbonyl (C=S) groups is 1. The van der Waals surface area contributed by atoms with Crippen molar-refractivity contribution in [1.29, 1.82) is 0 Å². The first kappa shape index (κ1) is 26.4. The van der Waals surface area contributed by atoms with Crippen molar-refractivity contribution in [3.63, 3.8) is 0 Å². The van der Waals surface area contributed by atoms with Crippen molar-refractivity contribution in [3.8, 4) is 0 Å². The van der Waals surface area contributed by atoms with Gasteiger partial charge in [-0.2, -0.15) is 0 Å². The molecule has 0 bridgehead atoms. The zero-order valence-electron chi connectivity index (χ0n) is 21.3. The van der Waals surface area contributed by atoms with Crippen LogP contribution in [-0.4, -0.2) is 57.2 Å². The van der Waals surface area contributed by atoms with E-state index in [4.69, 9.17) is 17.2 Å². The van der Waals surface area contributed by atoms with Crippen molar-refractivity contribution in [2.24, 2.45) is 0 Å². The van der Waals surface area contributed by atoms with Gasteiger partial charge in [0.05, 0.1) is 10.5 Å². The normalized spacial score (nSPS) is 17.3. The van der Waals surface area contributed by atoms with Crippen molar-refractivity contribution < 1.29 is 9.18 Å². The third kappa shape index (κ3) is 5.47. The summed E-state index contributed by atoms with van der Waals surface area (Å²) < 4.78 is 15.4. The number of carbonyl (C=O) groups is 1. The largest absolute Gasteiger partial charge is 0.368 e. The molecule has 0 radical (unpaired) electrons. The molecule has 2 saturated heterocycles. The summed E-state index contributed by atoms with van der Waals surface area (Å²) in [4.78, 5) is 38.1. The average Bonchev–Trinajstić information content (AvgIpc) is 3.20. The third-order valence-electron chi connectivity index (χ3n) is 6.90. The Kier molecular flexibility index (Phi) is 8.09. The minimum atomic E-state index is -0.260. The lowest BCUT2D eigenvalue weighted by molar-refractivity contribution is -0.122. The van der Waals surface area contributed by atoms with Crippen LogP contribution in [0.5, 0.6) is 0 Å². The fourth-order valence-corrected chi connectivity index (χ4v) is 6.10. The van der Waals surface area contributed by atoms with E-state index < -0.39 is 0 Å². The number of halogens is 1. The molecular weight excluding hydrogens is 521 g/mol. The van der Waals surface area contributed by atoms with Gasteiger partial charge in [-0.25, -0.2) is 9.37 Å². The summed E-state index contributed by atoms with van der Waals surface area (Å²) in [7, 11) is 0. The Bertz CT molecular complexity index is 1430. The molecule has 0 saturated carbocycles. The van der Waals surface area contributed by atoms with Gasteiger partial charge < -0.3 is 9.80 Å². The van der Waals surface area contributed by atoms with Crippen molar-refractivity contribution in [3.05, 3.63) is 75.3 Å². The van der Waals surface area contributed by atoms with Crippen LogP contribution in [0, 0.1) is 5.82 Å². The Labute approximate surface area is 230 Å². The number of anilines is 2. The third-order valence-corrected chi connectivity index (χ3v) is 8.28. The highest BCUT2D eigenvalue weighted by Gasteiger charge is 2.33. The number of fused-ring (bicyclic) bond motifs is 1. The topological polar surface area (TPSA) is 61.2 Å². The Morgan fingerprint density at radius 3 is 2.47 bits per heavy atom. The molecule has 38 heavy (non-hydrogen) atoms. The van der Waals surface area contributed by atoms with Gasteiger partial charge in [0.25, 0.3) is 11.5 Å². The second-order valence-electron chi connectivity index (χ2n) is 9.43. The molecule has 0 unspecified atom stereocenters. The average molecular weight is 552 g/mol. The predicted molar refractivity (Wildman–Crippen MR) is 156 cm³/mol. The molecule has 3 aromatic rings. The van der Waals surface area contributed by atoms with E-state index in [0.717, 1.165) is 31.4 Å². The minimum absolute atomic E-state index is 0.152. The number of carbonyl (C=O) groups excluding carboxylic acids is 1. The van der Waals surface area contributed by atoms with E-state index in [9.17, 15) is 14.0 Å². The molecule has 0 aliphatic carbocycles. The Morgan fingerprint density at radius 1 is 1.00 bits per heavy atom. The van der Waals surface area contributed by atoms with Crippen molar-refractivity contribution in [2.45, 2.75) is 32.6 Å². The van der Waals surface area contributed by atoms with E-state index in [0.29, 0.717) is 59.0 Å². The number of piperazine rings is 1. The second kappa shape index (κ2) is 11.7. The lowest BCUT2D eigenvalue weighted by Crippen LogP contribution is -2.47. The quantitative estimate of drug-likeness (QED) is 0.223. The van der Waals surface area contributed by atoms with Gasteiger partial charge in [-0.3, -0.25) is 18.9 Å². The Morgan fingerprint density at radius 2 is 1.74 bits per heavy atom. The molecule has 2 aliphatic heterocycles. The molecule has 0 N–H and O–H groups in total. The van der Waals surface area contributed by atoms with Crippen molar-refractivity contribution >= 4 is 57.4 Å². The molecule has 1 amide bonds.